The molecule has 110 valence electrons. The number of hydrogen-bond acceptors (Lipinski definition) is 4. The predicted octanol–water partition coefficient (Wildman–Crippen LogP) is 2.15. The van der Waals surface area contributed by atoms with Crippen molar-refractivity contribution in [3.05, 3.63) is 51.5 Å². The maximum absolute atomic E-state index is 11.7. The number of hydrogen-bond donors (Lipinski definition) is 3. The predicted molar refractivity (Wildman–Crippen MR) is 79.3 cm³/mol. The number of aromatic carboxylic acids is 1. The molecule has 0 aliphatic rings. The zero-order valence-corrected chi connectivity index (χ0v) is 12.2. The van der Waals surface area contributed by atoms with Crippen LogP contribution in [-0.4, -0.2) is 22.1 Å². The number of amides is 2. The molecule has 1 aromatic heterocycles. The van der Waals surface area contributed by atoms with E-state index in [0.717, 1.165) is 16.1 Å². The Morgan fingerprint density at radius 2 is 2.05 bits per heavy atom. The summed E-state index contributed by atoms with van der Waals surface area (Å²) >= 11 is 1.49. The van der Waals surface area contributed by atoms with E-state index in [1.54, 1.807) is 17.6 Å². The van der Waals surface area contributed by atoms with Gasteiger partial charge in [0.1, 0.15) is 0 Å². The van der Waals surface area contributed by atoms with E-state index >= 15 is 0 Å². The Bertz CT molecular complexity index is 654. The number of benzene rings is 1. The Morgan fingerprint density at radius 3 is 2.71 bits per heavy atom. The van der Waals surface area contributed by atoms with Crippen molar-refractivity contribution < 1.29 is 14.7 Å². The van der Waals surface area contributed by atoms with Gasteiger partial charge in [0.2, 0.25) is 0 Å². The van der Waals surface area contributed by atoms with Gasteiger partial charge in [0.05, 0.1) is 23.3 Å². The normalized spacial score (nSPS) is 10.1. The lowest BCUT2D eigenvalue weighted by molar-refractivity contribution is 0.0696. The van der Waals surface area contributed by atoms with Crippen LogP contribution >= 0.6 is 11.3 Å². The third kappa shape index (κ3) is 4.28. The van der Waals surface area contributed by atoms with Crippen molar-refractivity contribution in [1.29, 1.82) is 0 Å². The fraction of sp³-hybridized carbons (Fsp3) is 0.214. The first kappa shape index (κ1) is 15.0. The van der Waals surface area contributed by atoms with E-state index in [-0.39, 0.29) is 18.1 Å². The van der Waals surface area contributed by atoms with Crippen LogP contribution in [0.4, 0.5) is 4.79 Å². The Balaban J connectivity index is 1.82. The molecule has 2 rings (SSSR count). The van der Waals surface area contributed by atoms with E-state index in [1.165, 1.54) is 23.5 Å². The van der Waals surface area contributed by atoms with Crippen molar-refractivity contribution in [2.75, 3.05) is 0 Å². The first-order valence-corrected chi connectivity index (χ1v) is 7.17. The van der Waals surface area contributed by atoms with Crippen LogP contribution in [0.25, 0.3) is 0 Å². The lowest BCUT2D eigenvalue weighted by Gasteiger charge is -2.07. The van der Waals surface area contributed by atoms with Crippen molar-refractivity contribution in [3.63, 3.8) is 0 Å². The third-order valence-corrected chi connectivity index (χ3v) is 3.82. The number of nitrogens with zero attached hydrogens (tertiary/aromatic N) is 1. The summed E-state index contributed by atoms with van der Waals surface area (Å²) in [5, 5.41) is 14.3. The molecule has 1 heterocycles. The van der Waals surface area contributed by atoms with Gasteiger partial charge in [0.15, 0.2) is 0 Å². The molecule has 3 N–H and O–H groups in total. The highest BCUT2D eigenvalue weighted by molar-refractivity contribution is 7.09. The molecule has 21 heavy (non-hydrogen) atoms. The second-order valence-corrected chi connectivity index (χ2v) is 5.34. The van der Waals surface area contributed by atoms with Gasteiger partial charge in [-0.05, 0) is 24.6 Å². The average Bonchev–Trinajstić information content (AvgIpc) is 2.88. The molecule has 0 atom stereocenters. The van der Waals surface area contributed by atoms with Gasteiger partial charge in [-0.3, -0.25) is 0 Å². The molecule has 0 saturated carbocycles. The fourth-order valence-electron chi connectivity index (χ4n) is 1.72. The number of thiazole rings is 1. The zero-order chi connectivity index (χ0) is 15.2. The molecule has 0 unspecified atom stereocenters. The summed E-state index contributed by atoms with van der Waals surface area (Å²) in [6, 6.07) is 6.16. The molecule has 7 heteroatoms. The van der Waals surface area contributed by atoms with Crippen LogP contribution in [0.2, 0.25) is 0 Å². The molecule has 0 aliphatic heterocycles. The van der Waals surface area contributed by atoms with Gasteiger partial charge >= 0.3 is 12.0 Å². The van der Waals surface area contributed by atoms with Crippen molar-refractivity contribution >= 4 is 23.3 Å². The van der Waals surface area contributed by atoms with Crippen LogP contribution in [0.3, 0.4) is 0 Å². The van der Waals surface area contributed by atoms with Gasteiger partial charge in [-0.1, -0.05) is 12.1 Å². The summed E-state index contributed by atoms with van der Waals surface area (Å²) in [6.45, 7) is 2.59. The molecule has 0 spiro atoms. The molecule has 6 nitrogen and oxygen atoms in total. The van der Waals surface area contributed by atoms with Crippen LogP contribution in [0.1, 0.15) is 26.5 Å². The van der Waals surface area contributed by atoms with Crippen molar-refractivity contribution in [2.45, 2.75) is 20.0 Å². The lowest BCUT2D eigenvalue weighted by Crippen LogP contribution is -2.34. The van der Waals surface area contributed by atoms with Gasteiger partial charge in [-0.2, -0.15) is 0 Å². The maximum atomic E-state index is 11.7. The van der Waals surface area contributed by atoms with E-state index in [2.05, 4.69) is 15.6 Å². The van der Waals surface area contributed by atoms with Gasteiger partial charge in [0, 0.05) is 11.4 Å². The highest BCUT2D eigenvalue weighted by Crippen LogP contribution is 2.11. The number of carboxylic acids is 1. The van der Waals surface area contributed by atoms with Crippen molar-refractivity contribution in [3.8, 4) is 0 Å². The van der Waals surface area contributed by atoms with Gasteiger partial charge in [-0.25, -0.2) is 14.6 Å². The average molecular weight is 305 g/mol. The molecule has 0 bridgehead atoms. The minimum absolute atomic E-state index is 0.204. The van der Waals surface area contributed by atoms with Gasteiger partial charge in [-0.15, -0.1) is 11.3 Å². The van der Waals surface area contributed by atoms with Crippen LogP contribution in [0, 0.1) is 6.92 Å². The van der Waals surface area contributed by atoms with Gasteiger partial charge in [0.25, 0.3) is 0 Å². The summed E-state index contributed by atoms with van der Waals surface area (Å²) < 4.78 is 0. The quantitative estimate of drug-likeness (QED) is 0.789. The molecular formula is C14H15N3O3S. The highest BCUT2D eigenvalue weighted by Gasteiger charge is 2.06. The number of nitrogens with one attached hydrogen (secondary N) is 2. The summed E-state index contributed by atoms with van der Waals surface area (Å²) in [6.07, 6.45) is 0. The second-order valence-electron chi connectivity index (χ2n) is 4.40. The minimum Gasteiger partial charge on any atom is -0.478 e. The topological polar surface area (TPSA) is 91.3 Å². The second kappa shape index (κ2) is 6.85. The standard InChI is InChI=1S/C14H15N3O3S/c1-9-12(21-8-17-9)7-16-14(20)15-6-10-3-2-4-11(5-10)13(18)19/h2-5,8H,6-7H2,1H3,(H,18,19)(H2,15,16,20). The third-order valence-electron chi connectivity index (χ3n) is 2.88. The summed E-state index contributed by atoms with van der Waals surface area (Å²) in [7, 11) is 0. The lowest BCUT2D eigenvalue weighted by atomic mass is 10.1. The van der Waals surface area contributed by atoms with E-state index < -0.39 is 5.97 Å². The maximum Gasteiger partial charge on any atom is 0.335 e. The first-order valence-electron chi connectivity index (χ1n) is 6.29. The van der Waals surface area contributed by atoms with Crippen LogP contribution in [0.15, 0.2) is 29.8 Å². The monoisotopic (exact) mass is 305 g/mol. The van der Waals surface area contributed by atoms with Crippen molar-refractivity contribution in [1.82, 2.24) is 15.6 Å². The molecule has 0 fully saturated rings. The highest BCUT2D eigenvalue weighted by atomic mass is 32.1. The Kier molecular flexibility index (Phi) is 4.89. The summed E-state index contributed by atoms with van der Waals surface area (Å²) in [5.41, 5.74) is 3.59. The summed E-state index contributed by atoms with van der Waals surface area (Å²) in [5.74, 6) is -0.984. The number of carbonyl (C=O) groups excluding carboxylic acids is 1. The number of carbonyl (C=O) groups is 2. The van der Waals surface area contributed by atoms with Crippen LogP contribution in [-0.2, 0) is 13.1 Å². The molecule has 0 saturated heterocycles. The van der Waals surface area contributed by atoms with E-state index in [4.69, 9.17) is 5.11 Å². The Morgan fingerprint density at radius 1 is 1.29 bits per heavy atom. The molecule has 2 aromatic rings. The zero-order valence-electron chi connectivity index (χ0n) is 11.4. The molecule has 0 aliphatic carbocycles. The number of rotatable bonds is 5. The Labute approximate surface area is 125 Å². The molecule has 2 amide bonds. The van der Waals surface area contributed by atoms with Crippen molar-refractivity contribution in [2.24, 2.45) is 0 Å². The molecule has 0 radical (unpaired) electrons. The number of aryl methyl sites for hydroxylation is 1. The first-order chi connectivity index (χ1) is 10.1. The Hall–Kier alpha value is -2.41. The van der Waals surface area contributed by atoms with E-state index in [9.17, 15) is 9.59 Å². The molecular weight excluding hydrogens is 290 g/mol. The van der Waals surface area contributed by atoms with Gasteiger partial charge < -0.3 is 15.7 Å². The van der Waals surface area contributed by atoms with Crippen LogP contribution < -0.4 is 10.6 Å². The number of urea groups is 1. The van der Waals surface area contributed by atoms with E-state index in [0.29, 0.717) is 6.54 Å². The summed E-state index contributed by atoms with van der Waals surface area (Å²) in [4.78, 5) is 27.7. The minimum atomic E-state index is -0.984. The number of aromatic nitrogens is 1. The fourth-order valence-corrected chi connectivity index (χ4v) is 2.43. The SMILES string of the molecule is Cc1ncsc1CNC(=O)NCc1cccc(C(=O)O)c1. The molecule has 1 aromatic carbocycles. The van der Waals surface area contributed by atoms with Crippen LogP contribution in [0.5, 0.6) is 0 Å². The van der Waals surface area contributed by atoms with E-state index in [1.807, 2.05) is 6.92 Å². The number of carboxylic acid groups (broad SMARTS) is 1. The smallest absolute Gasteiger partial charge is 0.335 e. The largest absolute Gasteiger partial charge is 0.478 e.